The highest BCUT2D eigenvalue weighted by atomic mass is 127. The van der Waals surface area contributed by atoms with Gasteiger partial charge in [-0.05, 0) is 63.5 Å². The summed E-state index contributed by atoms with van der Waals surface area (Å²) >= 11 is 1.93. The SMILES string of the molecule is CC(C)(C)Oc1ccc2c(c1)CCC=C2OI. The average Bonchev–Trinajstić information content (AvgIpc) is 2.25. The Bertz CT molecular complexity index is 444. The summed E-state index contributed by atoms with van der Waals surface area (Å²) in [6.45, 7) is 6.18. The molecular weight excluding hydrogens is 327 g/mol. The second-order valence-corrected chi connectivity index (χ2v) is 5.66. The quantitative estimate of drug-likeness (QED) is 0.735. The predicted molar refractivity (Wildman–Crippen MR) is 78.2 cm³/mol. The molecule has 92 valence electrons. The van der Waals surface area contributed by atoms with Gasteiger partial charge >= 0.3 is 0 Å². The molecule has 0 N–H and O–H groups in total. The van der Waals surface area contributed by atoms with E-state index in [1.807, 2.05) is 29.1 Å². The molecule has 0 atom stereocenters. The molecular formula is C14H17IO2. The van der Waals surface area contributed by atoms with E-state index in [4.69, 9.17) is 7.80 Å². The number of rotatable bonds is 2. The molecule has 0 aliphatic heterocycles. The van der Waals surface area contributed by atoms with E-state index in [1.165, 1.54) is 11.1 Å². The van der Waals surface area contributed by atoms with Crippen molar-refractivity contribution in [2.24, 2.45) is 0 Å². The molecule has 17 heavy (non-hydrogen) atoms. The van der Waals surface area contributed by atoms with Crippen molar-refractivity contribution in [3.05, 3.63) is 35.4 Å². The fraction of sp³-hybridized carbons (Fsp3) is 0.429. The Hall–Kier alpha value is -0.710. The first-order valence-corrected chi connectivity index (χ1v) is 6.69. The van der Waals surface area contributed by atoms with E-state index in [2.05, 4.69) is 39.0 Å². The van der Waals surface area contributed by atoms with Gasteiger partial charge in [0.15, 0.2) is 23.0 Å². The molecule has 0 aromatic heterocycles. The Balaban J connectivity index is 2.29. The van der Waals surface area contributed by atoms with Crippen LogP contribution in [0, 0.1) is 0 Å². The van der Waals surface area contributed by atoms with Gasteiger partial charge in [0.1, 0.15) is 17.1 Å². The van der Waals surface area contributed by atoms with Gasteiger partial charge in [-0.2, -0.15) is 0 Å². The number of halogens is 1. The lowest BCUT2D eigenvalue weighted by atomic mass is 9.95. The fourth-order valence-corrected chi connectivity index (χ4v) is 2.39. The summed E-state index contributed by atoms with van der Waals surface area (Å²) in [4.78, 5) is 0. The molecule has 2 nitrogen and oxygen atoms in total. The number of hydrogen-bond donors (Lipinski definition) is 0. The first-order chi connectivity index (χ1) is 7.99. The van der Waals surface area contributed by atoms with Crippen molar-refractivity contribution in [1.82, 2.24) is 0 Å². The van der Waals surface area contributed by atoms with Crippen LogP contribution in [0.1, 0.15) is 38.3 Å². The number of aryl methyl sites for hydroxylation is 1. The van der Waals surface area contributed by atoms with Crippen molar-refractivity contribution < 1.29 is 7.80 Å². The Kier molecular flexibility index (Phi) is 3.66. The summed E-state index contributed by atoms with van der Waals surface area (Å²) in [6, 6.07) is 6.22. The minimum absolute atomic E-state index is 0.151. The molecule has 1 aliphatic rings. The van der Waals surface area contributed by atoms with Crippen molar-refractivity contribution in [2.75, 3.05) is 0 Å². The third-order valence-electron chi connectivity index (χ3n) is 2.59. The van der Waals surface area contributed by atoms with Crippen LogP contribution in [0.4, 0.5) is 0 Å². The van der Waals surface area contributed by atoms with Gasteiger partial charge in [0.05, 0.1) is 0 Å². The van der Waals surface area contributed by atoms with Crippen molar-refractivity contribution >= 4 is 28.8 Å². The van der Waals surface area contributed by atoms with Crippen molar-refractivity contribution in [1.29, 1.82) is 0 Å². The summed E-state index contributed by atoms with van der Waals surface area (Å²) < 4.78 is 11.2. The first kappa shape index (κ1) is 12.7. The lowest BCUT2D eigenvalue weighted by Crippen LogP contribution is -2.23. The zero-order valence-electron chi connectivity index (χ0n) is 10.4. The van der Waals surface area contributed by atoms with E-state index in [0.717, 1.165) is 24.4 Å². The second-order valence-electron chi connectivity index (χ2n) is 5.22. The zero-order chi connectivity index (χ0) is 12.5. The van der Waals surface area contributed by atoms with Crippen LogP contribution >= 0.6 is 23.0 Å². The first-order valence-electron chi connectivity index (χ1n) is 5.81. The maximum Gasteiger partial charge on any atom is 0.192 e. The number of hydrogen-bond acceptors (Lipinski definition) is 2. The number of fused-ring (bicyclic) bond motifs is 1. The van der Waals surface area contributed by atoms with Gasteiger partial charge < -0.3 is 7.80 Å². The van der Waals surface area contributed by atoms with Crippen molar-refractivity contribution in [3.8, 4) is 5.75 Å². The molecule has 1 aromatic rings. The summed E-state index contributed by atoms with van der Waals surface area (Å²) in [5.41, 5.74) is 2.34. The summed E-state index contributed by atoms with van der Waals surface area (Å²) in [5, 5.41) is 0. The third kappa shape index (κ3) is 3.15. The smallest absolute Gasteiger partial charge is 0.192 e. The van der Waals surface area contributed by atoms with Crippen LogP contribution in [-0.4, -0.2) is 5.60 Å². The van der Waals surface area contributed by atoms with E-state index >= 15 is 0 Å². The average molecular weight is 344 g/mol. The highest BCUT2D eigenvalue weighted by Gasteiger charge is 2.17. The molecule has 1 aliphatic carbocycles. The van der Waals surface area contributed by atoms with Gasteiger partial charge in [-0.1, -0.05) is 0 Å². The zero-order valence-corrected chi connectivity index (χ0v) is 12.6. The molecule has 0 amide bonds. The second kappa shape index (κ2) is 4.88. The van der Waals surface area contributed by atoms with Crippen molar-refractivity contribution in [3.63, 3.8) is 0 Å². The molecule has 0 unspecified atom stereocenters. The van der Waals surface area contributed by atoms with Gasteiger partial charge in [0.2, 0.25) is 0 Å². The van der Waals surface area contributed by atoms with Gasteiger partial charge in [0.25, 0.3) is 0 Å². The molecule has 0 spiro atoms. The maximum atomic E-state index is 5.87. The normalized spacial score (nSPS) is 14.9. The molecule has 0 heterocycles. The molecule has 2 rings (SSSR count). The van der Waals surface area contributed by atoms with Crippen LogP contribution < -0.4 is 4.74 Å². The number of ether oxygens (including phenoxy) is 1. The molecule has 1 aromatic carbocycles. The molecule has 0 saturated carbocycles. The van der Waals surface area contributed by atoms with Crippen LogP contribution in [0.2, 0.25) is 0 Å². The molecule has 0 bridgehead atoms. The van der Waals surface area contributed by atoms with Gasteiger partial charge in [-0.3, -0.25) is 0 Å². The largest absolute Gasteiger partial charge is 0.488 e. The highest BCUT2D eigenvalue weighted by Crippen LogP contribution is 2.32. The Morgan fingerprint density at radius 2 is 2.00 bits per heavy atom. The Morgan fingerprint density at radius 1 is 1.24 bits per heavy atom. The van der Waals surface area contributed by atoms with Gasteiger partial charge in [-0.25, -0.2) is 0 Å². The molecule has 3 heteroatoms. The molecule has 0 radical (unpaired) electrons. The number of allylic oxidation sites excluding steroid dienone is 1. The highest BCUT2D eigenvalue weighted by molar-refractivity contribution is 14.1. The predicted octanol–water partition coefficient (Wildman–Crippen LogP) is 4.52. The van der Waals surface area contributed by atoms with E-state index < -0.39 is 0 Å². The summed E-state index contributed by atoms with van der Waals surface area (Å²) in [5.74, 6) is 1.90. The molecule has 0 saturated heterocycles. The van der Waals surface area contributed by atoms with E-state index in [-0.39, 0.29) is 5.60 Å². The van der Waals surface area contributed by atoms with E-state index in [9.17, 15) is 0 Å². The fourth-order valence-electron chi connectivity index (χ4n) is 1.98. The minimum atomic E-state index is -0.151. The van der Waals surface area contributed by atoms with Crippen LogP contribution in [0.5, 0.6) is 5.75 Å². The lowest BCUT2D eigenvalue weighted by molar-refractivity contribution is 0.131. The van der Waals surface area contributed by atoms with Crippen LogP contribution in [0.3, 0.4) is 0 Å². The minimum Gasteiger partial charge on any atom is -0.488 e. The third-order valence-corrected chi connectivity index (χ3v) is 3.07. The topological polar surface area (TPSA) is 18.5 Å². The van der Waals surface area contributed by atoms with Gasteiger partial charge in [-0.15, -0.1) is 0 Å². The van der Waals surface area contributed by atoms with E-state index in [1.54, 1.807) is 0 Å². The van der Waals surface area contributed by atoms with Crippen molar-refractivity contribution in [2.45, 2.75) is 39.2 Å². The summed E-state index contributed by atoms with van der Waals surface area (Å²) in [6.07, 6.45) is 4.23. The number of benzene rings is 1. The lowest BCUT2D eigenvalue weighted by Gasteiger charge is -2.23. The Labute approximate surface area is 117 Å². The van der Waals surface area contributed by atoms with Crippen LogP contribution in [0.15, 0.2) is 24.3 Å². The van der Waals surface area contributed by atoms with Crippen LogP contribution in [-0.2, 0) is 9.49 Å². The Morgan fingerprint density at radius 3 is 2.65 bits per heavy atom. The maximum absolute atomic E-state index is 5.87. The monoisotopic (exact) mass is 344 g/mol. The summed E-state index contributed by atoms with van der Waals surface area (Å²) in [7, 11) is 0. The van der Waals surface area contributed by atoms with Gasteiger partial charge in [0, 0.05) is 5.56 Å². The van der Waals surface area contributed by atoms with E-state index in [0.29, 0.717) is 0 Å². The van der Waals surface area contributed by atoms with Crippen LogP contribution in [0.25, 0.3) is 5.76 Å². The molecule has 0 fully saturated rings. The standard InChI is InChI=1S/C14H17IO2/c1-14(2,3)16-11-7-8-12-10(9-11)5-4-6-13(12)17-15/h6-9H,4-5H2,1-3H3.